The van der Waals surface area contributed by atoms with E-state index in [-0.39, 0.29) is 0 Å². The Morgan fingerprint density at radius 3 is 1.29 bits per heavy atom. The fraction of sp³-hybridized carbons (Fsp3) is 1.00. The van der Waals surface area contributed by atoms with Crippen molar-refractivity contribution in [2.45, 2.75) is 103 Å². The van der Waals surface area contributed by atoms with Crippen LogP contribution in [0.1, 0.15) is 79.1 Å². The van der Waals surface area contributed by atoms with Crippen molar-refractivity contribution in [3.05, 3.63) is 0 Å². The molecule has 0 N–H and O–H groups in total. The lowest BCUT2D eigenvalue weighted by Gasteiger charge is -2.39. The lowest BCUT2D eigenvalue weighted by molar-refractivity contribution is -0.929. The van der Waals surface area contributed by atoms with Gasteiger partial charge in [0.15, 0.2) is 0 Å². The lowest BCUT2D eigenvalue weighted by atomic mass is 10.1. The van der Waals surface area contributed by atoms with Gasteiger partial charge in [-0.05, 0) is 25.7 Å². The van der Waals surface area contributed by atoms with Crippen LogP contribution in [0.3, 0.4) is 0 Å². The number of hydrogen-bond acceptors (Lipinski definition) is 4. The van der Waals surface area contributed by atoms with Crippen molar-refractivity contribution in [2.24, 2.45) is 0 Å². The van der Waals surface area contributed by atoms with Crippen LogP contribution in [0.2, 0.25) is 0 Å². The summed E-state index contributed by atoms with van der Waals surface area (Å²) in [5, 5.41) is 0. The standard InChI is InChI=1S/C16H36N.C5H4F8O4S/c1-5-9-13-17(14-10-6-2,15-11-7-3)16-12-8-4;6-2(7)4(10,11)5(12,13)3(8,9)1-17-18(14,15)16/h5-16H2,1-4H3;2H,1H2,(H,14,15,16)/q+1;/p-1. The molecule has 5 nitrogen and oxygen atoms in total. The molecule has 0 bridgehead atoms. The molecule has 0 radical (unpaired) electrons. The van der Waals surface area contributed by atoms with Gasteiger partial charge >= 0.3 is 24.2 Å². The molecule has 214 valence electrons. The maximum atomic E-state index is 12.5. The predicted octanol–water partition coefficient (Wildman–Crippen LogP) is 6.64. The Morgan fingerprint density at radius 2 is 1.06 bits per heavy atom. The fourth-order valence-corrected chi connectivity index (χ4v) is 3.55. The van der Waals surface area contributed by atoms with Crippen LogP contribution in [-0.2, 0) is 14.6 Å². The summed E-state index contributed by atoms with van der Waals surface area (Å²) in [7, 11) is -5.88. The molecular formula is C21H39F8NO4S. The average molecular weight is 554 g/mol. The fourth-order valence-electron chi connectivity index (χ4n) is 3.26. The van der Waals surface area contributed by atoms with E-state index < -0.39 is 41.2 Å². The van der Waals surface area contributed by atoms with Crippen molar-refractivity contribution < 1.29 is 56.8 Å². The molecule has 0 aromatic heterocycles. The van der Waals surface area contributed by atoms with Crippen LogP contribution >= 0.6 is 0 Å². The third-order valence-electron chi connectivity index (χ3n) is 5.48. The van der Waals surface area contributed by atoms with E-state index in [1.807, 2.05) is 0 Å². The second-order valence-electron chi connectivity index (χ2n) is 8.52. The molecule has 0 atom stereocenters. The third kappa shape index (κ3) is 12.9. The van der Waals surface area contributed by atoms with Gasteiger partial charge in [0.05, 0.1) is 26.2 Å². The van der Waals surface area contributed by atoms with Gasteiger partial charge in [0.2, 0.25) is 10.4 Å². The first kappa shape index (κ1) is 36.4. The predicted molar refractivity (Wildman–Crippen MR) is 116 cm³/mol. The van der Waals surface area contributed by atoms with Crippen molar-refractivity contribution in [2.75, 3.05) is 32.8 Å². The largest absolute Gasteiger partial charge is 0.726 e. The van der Waals surface area contributed by atoms with Crippen LogP contribution in [0, 0.1) is 0 Å². The topological polar surface area (TPSA) is 66.4 Å². The minimum Gasteiger partial charge on any atom is -0.726 e. The van der Waals surface area contributed by atoms with E-state index in [1.54, 1.807) is 0 Å². The second-order valence-corrected chi connectivity index (χ2v) is 9.58. The molecule has 0 amide bonds. The van der Waals surface area contributed by atoms with Crippen LogP contribution in [0.25, 0.3) is 0 Å². The first-order chi connectivity index (χ1) is 15.9. The third-order valence-corrected chi connectivity index (χ3v) is 5.89. The van der Waals surface area contributed by atoms with E-state index in [0.717, 1.165) is 0 Å². The van der Waals surface area contributed by atoms with E-state index in [9.17, 15) is 48.1 Å². The summed E-state index contributed by atoms with van der Waals surface area (Å²) in [5.74, 6) is -19.0. The summed E-state index contributed by atoms with van der Waals surface area (Å²) in [4.78, 5) is 0. The Bertz CT molecular complexity index is 626. The Morgan fingerprint density at radius 1 is 0.743 bits per heavy atom. The van der Waals surface area contributed by atoms with Crippen LogP contribution < -0.4 is 0 Å². The number of alkyl halides is 8. The van der Waals surface area contributed by atoms with Gasteiger partial charge in [0, 0.05) is 0 Å². The number of quaternary nitrogens is 1. The molecule has 0 saturated carbocycles. The quantitative estimate of drug-likeness (QED) is 0.0826. The highest BCUT2D eigenvalue weighted by Gasteiger charge is 2.75. The Hall–Kier alpha value is -0.730. The van der Waals surface area contributed by atoms with Crippen LogP contribution in [0.5, 0.6) is 0 Å². The summed E-state index contributed by atoms with van der Waals surface area (Å²) in [6.45, 7) is 12.0. The summed E-state index contributed by atoms with van der Waals surface area (Å²) < 4.78 is 130. The van der Waals surface area contributed by atoms with Crippen LogP contribution in [-0.4, -0.2) is 74.4 Å². The van der Waals surface area contributed by atoms with Crippen molar-refractivity contribution in [1.82, 2.24) is 0 Å². The summed E-state index contributed by atoms with van der Waals surface area (Å²) in [5.41, 5.74) is 0. The van der Waals surface area contributed by atoms with E-state index in [4.69, 9.17) is 0 Å². The normalized spacial score (nSPS) is 13.7. The van der Waals surface area contributed by atoms with Crippen molar-refractivity contribution in [3.63, 3.8) is 0 Å². The Balaban J connectivity index is 0. The minimum atomic E-state index is -6.61. The molecule has 0 rings (SSSR count). The lowest BCUT2D eigenvalue weighted by Crippen LogP contribution is -2.59. The zero-order chi connectivity index (χ0) is 28.0. The van der Waals surface area contributed by atoms with Crippen molar-refractivity contribution in [1.29, 1.82) is 0 Å². The summed E-state index contributed by atoms with van der Waals surface area (Å²) in [6.07, 6.45) is 5.92. The van der Waals surface area contributed by atoms with Gasteiger partial charge in [0.1, 0.15) is 6.61 Å². The highest BCUT2D eigenvalue weighted by Crippen LogP contribution is 2.48. The van der Waals surface area contributed by atoms with E-state index >= 15 is 0 Å². The van der Waals surface area contributed by atoms with E-state index in [2.05, 4.69) is 31.9 Å². The van der Waals surface area contributed by atoms with Gasteiger partial charge in [-0.3, -0.25) is 4.18 Å². The molecule has 0 heterocycles. The monoisotopic (exact) mass is 553 g/mol. The average Bonchev–Trinajstić information content (AvgIpc) is 2.76. The summed E-state index contributed by atoms with van der Waals surface area (Å²) >= 11 is 0. The molecule has 0 unspecified atom stereocenters. The van der Waals surface area contributed by atoms with Crippen molar-refractivity contribution >= 4 is 10.4 Å². The van der Waals surface area contributed by atoms with Gasteiger partial charge in [-0.15, -0.1) is 0 Å². The molecule has 0 aliphatic carbocycles. The Labute approximate surface area is 203 Å². The molecule has 14 heteroatoms. The minimum absolute atomic E-state index is 1.35. The Kier molecular flexibility index (Phi) is 16.8. The maximum absolute atomic E-state index is 12.5. The molecule has 0 aliphatic heterocycles. The van der Waals surface area contributed by atoms with Gasteiger partial charge in [-0.2, -0.15) is 26.3 Å². The van der Waals surface area contributed by atoms with Crippen LogP contribution in [0.4, 0.5) is 35.1 Å². The molecule has 0 aromatic carbocycles. The molecule has 35 heavy (non-hydrogen) atoms. The number of unbranched alkanes of at least 4 members (excludes halogenated alkanes) is 4. The van der Waals surface area contributed by atoms with Gasteiger partial charge < -0.3 is 9.04 Å². The molecule has 0 fully saturated rings. The van der Waals surface area contributed by atoms with Gasteiger partial charge in [-0.1, -0.05) is 53.4 Å². The molecule has 0 aliphatic rings. The highest BCUT2D eigenvalue weighted by molar-refractivity contribution is 7.80. The van der Waals surface area contributed by atoms with Crippen molar-refractivity contribution in [3.8, 4) is 0 Å². The number of hydrogen-bond donors (Lipinski definition) is 0. The molecule has 0 spiro atoms. The number of nitrogens with zero attached hydrogens (tertiary/aromatic N) is 1. The summed E-state index contributed by atoms with van der Waals surface area (Å²) in [6, 6.07) is 0. The first-order valence-electron chi connectivity index (χ1n) is 11.8. The highest BCUT2D eigenvalue weighted by atomic mass is 32.3. The zero-order valence-electron chi connectivity index (χ0n) is 20.8. The molecule has 0 aromatic rings. The second kappa shape index (κ2) is 16.2. The van der Waals surface area contributed by atoms with Gasteiger partial charge in [-0.25, -0.2) is 17.2 Å². The SMILES string of the molecule is CCCC[N+](CCCC)(CCCC)CCCC.O=S(=O)([O-])OCC(F)(F)C(F)(F)C(F)(F)C(F)F. The maximum Gasteiger partial charge on any atom is 0.380 e. The number of rotatable bonds is 18. The zero-order valence-corrected chi connectivity index (χ0v) is 21.6. The first-order valence-corrected chi connectivity index (χ1v) is 13.1. The number of halogens is 8. The van der Waals surface area contributed by atoms with E-state index in [0.29, 0.717) is 0 Å². The van der Waals surface area contributed by atoms with E-state index in [1.165, 1.54) is 82.0 Å². The van der Waals surface area contributed by atoms with Crippen LogP contribution in [0.15, 0.2) is 0 Å². The molecular weight excluding hydrogens is 514 g/mol. The smallest absolute Gasteiger partial charge is 0.380 e. The molecule has 0 saturated heterocycles. The van der Waals surface area contributed by atoms with Gasteiger partial charge in [0.25, 0.3) is 0 Å².